The Morgan fingerprint density at radius 3 is 1.96 bits per heavy atom. The molecule has 3 aromatic rings. The van der Waals surface area contributed by atoms with Crippen LogP contribution in [0.5, 0.6) is 0 Å². The zero-order valence-electron chi connectivity index (χ0n) is 15.5. The van der Waals surface area contributed by atoms with E-state index in [1.807, 2.05) is 0 Å². The van der Waals surface area contributed by atoms with Crippen molar-refractivity contribution in [2.24, 2.45) is 0 Å². The Balaban J connectivity index is 1.81. The van der Waals surface area contributed by atoms with Crippen LogP contribution in [-0.4, -0.2) is 11.9 Å². The minimum atomic E-state index is 0.282. The quantitative estimate of drug-likeness (QED) is 0.549. The standard InChI is InChI=1S/C25H25N/c1-19-11-9-10-16-23(19)22-17-24(20-12-5-3-6-13-20)26(2)25(18-22)21-14-7-4-8-15-21/h3-17,24-25H,18H2,1-2H3/t24-,25+/m1/s1. The van der Waals surface area contributed by atoms with Gasteiger partial charge in [0.25, 0.3) is 0 Å². The average Bonchev–Trinajstić information content (AvgIpc) is 2.70. The van der Waals surface area contributed by atoms with Crippen LogP contribution in [0.3, 0.4) is 0 Å². The van der Waals surface area contributed by atoms with E-state index in [0.717, 1.165) is 6.42 Å². The Labute approximate surface area is 156 Å². The van der Waals surface area contributed by atoms with Gasteiger partial charge in [-0.25, -0.2) is 0 Å². The van der Waals surface area contributed by atoms with E-state index in [-0.39, 0.29) is 6.04 Å². The van der Waals surface area contributed by atoms with Gasteiger partial charge in [0.1, 0.15) is 0 Å². The Morgan fingerprint density at radius 1 is 0.731 bits per heavy atom. The molecule has 0 fully saturated rings. The highest BCUT2D eigenvalue weighted by atomic mass is 15.2. The first-order chi connectivity index (χ1) is 12.7. The smallest absolute Gasteiger partial charge is 0.0540 e. The number of benzene rings is 3. The summed E-state index contributed by atoms with van der Waals surface area (Å²) in [7, 11) is 2.25. The number of likely N-dealkylation sites (N-methyl/N-ethyl adjacent to an activating group) is 1. The molecule has 3 aromatic carbocycles. The van der Waals surface area contributed by atoms with Crippen molar-refractivity contribution in [2.75, 3.05) is 7.05 Å². The lowest BCUT2D eigenvalue weighted by Gasteiger charge is -2.39. The molecule has 0 saturated heterocycles. The first-order valence-electron chi connectivity index (χ1n) is 9.32. The molecule has 1 aliphatic heterocycles. The summed E-state index contributed by atoms with van der Waals surface area (Å²) in [6.07, 6.45) is 3.49. The second kappa shape index (κ2) is 7.31. The number of hydrogen-bond donors (Lipinski definition) is 0. The van der Waals surface area contributed by atoms with Gasteiger partial charge < -0.3 is 0 Å². The summed E-state index contributed by atoms with van der Waals surface area (Å²) >= 11 is 0. The fourth-order valence-electron chi connectivity index (χ4n) is 4.07. The molecule has 4 rings (SSSR count). The van der Waals surface area contributed by atoms with Crippen molar-refractivity contribution in [2.45, 2.75) is 25.4 Å². The van der Waals surface area contributed by atoms with Crippen LogP contribution in [0.4, 0.5) is 0 Å². The van der Waals surface area contributed by atoms with Crippen LogP contribution in [0.1, 0.15) is 40.8 Å². The Hall–Kier alpha value is -2.64. The lowest BCUT2D eigenvalue weighted by molar-refractivity contribution is 0.197. The summed E-state index contributed by atoms with van der Waals surface area (Å²) in [5, 5.41) is 0. The van der Waals surface area contributed by atoms with E-state index in [9.17, 15) is 0 Å². The molecule has 2 atom stereocenters. The van der Waals surface area contributed by atoms with Crippen molar-refractivity contribution in [3.63, 3.8) is 0 Å². The summed E-state index contributed by atoms with van der Waals surface area (Å²) in [6, 6.07) is 31.1. The molecule has 0 bridgehead atoms. The second-order valence-electron chi connectivity index (χ2n) is 7.16. The Morgan fingerprint density at radius 2 is 1.31 bits per heavy atom. The highest BCUT2D eigenvalue weighted by Gasteiger charge is 2.30. The number of hydrogen-bond acceptors (Lipinski definition) is 1. The Bertz CT molecular complexity index is 896. The van der Waals surface area contributed by atoms with E-state index in [2.05, 4.69) is 110 Å². The fourth-order valence-corrected chi connectivity index (χ4v) is 4.07. The molecule has 0 N–H and O–H groups in total. The minimum Gasteiger partial charge on any atom is -0.289 e. The second-order valence-corrected chi connectivity index (χ2v) is 7.16. The van der Waals surface area contributed by atoms with Gasteiger partial charge in [-0.2, -0.15) is 0 Å². The summed E-state index contributed by atoms with van der Waals surface area (Å²) < 4.78 is 0. The van der Waals surface area contributed by atoms with Crippen LogP contribution in [0.25, 0.3) is 5.57 Å². The zero-order valence-corrected chi connectivity index (χ0v) is 15.5. The molecule has 0 spiro atoms. The van der Waals surface area contributed by atoms with Crippen LogP contribution < -0.4 is 0 Å². The lowest BCUT2D eigenvalue weighted by atomic mass is 9.84. The molecule has 0 amide bonds. The zero-order chi connectivity index (χ0) is 17.9. The van der Waals surface area contributed by atoms with Crippen molar-refractivity contribution in [1.29, 1.82) is 0 Å². The van der Waals surface area contributed by atoms with Crippen molar-refractivity contribution in [3.8, 4) is 0 Å². The van der Waals surface area contributed by atoms with Gasteiger partial charge in [-0.15, -0.1) is 0 Å². The van der Waals surface area contributed by atoms with Crippen LogP contribution in [-0.2, 0) is 0 Å². The van der Waals surface area contributed by atoms with Crippen LogP contribution in [0.15, 0.2) is 91.0 Å². The monoisotopic (exact) mass is 339 g/mol. The fraction of sp³-hybridized carbons (Fsp3) is 0.200. The molecule has 0 aromatic heterocycles. The van der Waals surface area contributed by atoms with Gasteiger partial charge >= 0.3 is 0 Å². The number of rotatable bonds is 3. The predicted octanol–water partition coefficient (Wildman–Crippen LogP) is 6.20. The minimum absolute atomic E-state index is 0.282. The molecule has 0 saturated carbocycles. The molecule has 0 aliphatic carbocycles. The lowest BCUT2D eigenvalue weighted by Crippen LogP contribution is -2.32. The molecule has 1 heteroatoms. The van der Waals surface area contributed by atoms with E-state index in [0.29, 0.717) is 6.04 Å². The number of nitrogens with zero attached hydrogens (tertiary/aromatic N) is 1. The molecule has 1 aliphatic rings. The van der Waals surface area contributed by atoms with E-state index < -0.39 is 0 Å². The van der Waals surface area contributed by atoms with Gasteiger partial charge in [-0.05, 0) is 48.2 Å². The van der Waals surface area contributed by atoms with Gasteiger partial charge in [0.05, 0.1) is 6.04 Å². The topological polar surface area (TPSA) is 3.24 Å². The van der Waals surface area contributed by atoms with Crippen molar-refractivity contribution >= 4 is 5.57 Å². The molecule has 130 valence electrons. The summed E-state index contributed by atoms with van der Waals surface area (Å²) in [5.41, 5.74) is 6.91. The Kier molecular flexibility index (Phi) is 4.73. The van der Waals surface area contributed by atoms with Gasteiger partial charge in [-0.3, -0.25) is 4.90 Å². The molecule has 0 unspecified atom stereocenters. The summed E-state index contributed by atoms with van der Waals surface area (Å²) in [4.78, 5) is 2.51. The predicted molar refractivity (Wildman–Crippen MR) is 110 cm³/mol. The molecule has 0 radical (unpaired) electrons. The van der Waals surface area contributed by atoms with Crippen LogP contribution >= 0.6 is 0 Å². The molecule has 1 nitrogen and oxygen atoms in total. The molecular formula is C25H25N. The maximum atomic E-state index is 2.51. The average molecular weight is 339 g/mol. The third-order valence-electron chi connectivity index (χ3n) is 5.52. The normalized spacial score (nSPS) is 20.6. The van der Waals surface area contributed by atoms with Gasteiger partial charge in [0, 0.05) is 6.04 Å². The largest absolute Gasteiger partial charge is 0.289 e. The first-order valence-corrected chi connectivity index (χ1v) is 9.32. The van der Waals surface area contributed by atoms with Crippen LogP contribution in [0.2, 0.25) is 0 Å². The van der Waals surface area contributed by atoms with E-state index in [1.165, 1.54) is 27.8 Å². The number of aryl methyl sites for hydroxylation is 1. The highest BCUT2D eigenvalue weighted by molar-refractivity contribution is 5.70. The van der Waals surface area contributed by atoms with Crippen molar-refractivity contribution < 1.29 is 0 Å². The molecule has 1 heterocycles. The van der Waals surface area contributed by atoms with Gasteiger partial charge in [0.15, 0.2) is 0 Å². The highest BCUT2D eigenvalue weighted by Crippen LogP contribution is 2.43. The third kappa shape index (κ3) is 3.23. The third-order valence-corrected chi connectivity index (χ3v) is 5.52. The van der Waals surface area contributed by atoms with Crippen LogP contribution in [0, 0.1) is 6.92 Å². The summed E-state index contributed by atoms with van der Waals surface area (Å²) in [6.45, 7) is 2.21. The SMILES string of the molecule is Cc1ccccc1C1=C[C@H](c2ccccc2)N(C)[C@H](c2ccccc2)C1. The van der Waals surface area contributed by atoms with Crippen molar-refractivity contribution in [1.82, 2.24) is 4.90 Å². The maximum Gasteiger partial charge on any atom is 0.0540 e. The first kappa shape index (κ1) is 16.8. The maximum absolute atomic E-state index is 2.51. The molecular weight excluding hydrogens is 314 g/mol. The van der Waals surface area contributed by atoms with Gasteiger partial charge in [-0.1, -0.05) is 91.0 Å². The van der Waals surface area contributed by atoms with Gasteiger partial charge in [0.2, 0.25) is 0 Å². The van der Waals surface area contributed by atoms with E-state index in [4.69, 9.17) is 0 Å². The van der Waals surface area contributed by atoms with Crippen molar-refractivity contribution in [3.05, 3.63) is 113 Å². The van der Waals surface area contributed by atoms with E-state index in [1.54, 1.807) is 0 Å². The van der Waals surface area contributed by atoms with E-state index >= 15 is 0 Å². The summed E-state index contributed by atoms with van der Waals surface area (Å²) in [5.74, 6) is 0. The molecule has 26 heavy (non-hydrogen) atoms.